The van der Waals surface area contributed by atoms with Gasteiger partial charge in [0.05, 0.1) is 0 Å². The van der Waals surface area contributed by atoms with E-state index < -0.39 is 15.8 Å². The molecule has 0 aliphatic heterocycles. The first kappa shape index (κ1) is 40.8. The van der Waals surface area contributed by atoms with E-state index in [-0.39, 0.29) is 0 Å². The first-order valence-electron chi connectivity index (χ1n) is 17.9. The van der Waals surface area contributed by atoms with Crippen molar-refractivity contribution >= 4 is 47.7 Å². The summed E-state index contributed by atoms with van der Waals surface area (Å²) in [6, 6.07) is 73.2. The van der Waals surface area contributed by atoms with Crippen molar-refractivity contribution in [1.82, 2.24) is 4.98 Å². The van der Waals surface area contributed by atoms with Crippen LogP contribution in [-0.2, 0) is 25.0 Å². The molecule has 2 N–H and O–H groups in total. The van der Waals surface area contributed by atoms with Gasteiger partial charge in [0.1, 0.15) is 47.7 Å². The fraction of sp³-hybridized carbons (Fsp3) is 0.0204. The van der Waals surface area contributed by atoms with Crippen molar-refractivity contribution < 1.29 is 28.8 Å². The normalized spacial score (nSPS) is 10.0. The molecular formula is C49H44NO2P2Re+2. The summed E-state index contributed by atoms with van der Waals surface area (Å²) in [5.74, 6) is 0.767. The zero-order valence-corrected chi connectivity index (χ0v) is 35.1. The van der Waals surface area contributed by atoms with Crippen molar-refractivity contribution in [3.63, 3.8) is 0 Å². The summed E-state index contributed by atoms with van der Waals surface area (Å²) in [4.78, 5) is 3.78. The molecule has 8 aromatic rings. The molecule has 272 valence electrons. The maximum atomic E-state index is 10.2. The van der Waals surface area contributed by atoms with Crippen LogP contribution in [0, 0.1) is 4.29 Å². The third kappa shape index (κ3) is 13.1. The molecule has 0 saturated heterocycles. The summed E-state index contributed by atoms with van der Waals surface area (Å²) in [6.45, 7) is 0. The zero-order chi connectivity index (χ0) is 38.3. The van der Waals surface area contributed by atoms with Gasteiger partial charge in [0.15, 0.2) is 11.5 Å². The Kier molecular flexibility index (Phi) is 17.3. The third-order valence-corrected chi connectivity index (χ3v) is 14.3. The number of para-hydroxylation sites is 2. The second kappa shape index (κ2) is 23.4. The number of pyridine rings is 1. The Bertz CT molecular complexity index is 2050. The number of aromatic nitrogens is 1. The minimum absolute atomic E-state index is 0.383. The molecule has 0 amide bonds. The Hall–Kier alpha value is -5.41. The van der Waals surface area contributed by atoms with E-state index in [4.69, 9.17) is 0 Å². The molecule has 3 nitrogen and oxygen atoms in total. The minimum atomic E-state index is -1.16. The van der Waals surface area contributed by atoms with Crippen molar-refractivity contribution in [3.05, 3.63) is 236 Å². The van der Waals surface area contributed by atoms with Crippen molar-refractivity contribution in [2.75, 3.05) is 0 Å². The molecule has 0 aliphatic carbocycles. The topological polar surface area (TPSA) is 53.4 Å². The van der Waals surface area contributed by atoms with Gasteiger partial charge in [0.25, 0.3) is 0 Å². The van der Waals surface area contributed by atoms with Crippen LogP contribution in [0.1, 0.15) is 5.56 Å². The molecule has 0 aliphatic rings. The molecule has 1 heterocycles. The minimum Gasteiger partial charge on any atom is -0.265 e. The largest absolute Gasteiger partial charge is 0.265 e. The summed E-state index contributed by atoms with van der Waals surface area (Å²) in [5.41, 5.74) is 1.35. The molecule has 1 aromatic heterocycles. The first-order valence-corrected chi connectivity index (χ1v) is 22.3. The quantitative estimate of drug-likeness (QED) is 0.158. The smallest absolute Gasteiger partial charge is 0.0267 e. The Morgan fingerprint density at radius 2 is 0.673 bits per heavy atom. The van der Waals surface area contributed by atoms with Crippen LogP contribution in [0.3, 0.4) is 0 Å². The molecule has 0 fully saturated rings. The molecule has 6 heteroatoms. The molecule has 0 atom stereocenters. The predicted molar refractivity (Wildman–Crippen MR) is 235 cm³/mol. The van der Waals surface area contributed by atoms with Gasteiger partial charge in [-0.3, -0.25) is 4.98 Å². The third-order valence-electron chi connectivity index (χ3n) is 8.28. The van der Waals surface area contributed by atoms with E-state index in [2.05, 4.69) is 131 Å². The number of rotatable bonds is 7. The van der Waals surface area contributed by atoms with Crippen LogP contribution in [0.2, 0.25) is 0 Å². The van der Waals surface area contributed by atoms with Gasteiger partial charge in [-0.05, 0) is 84.9 Å². The Morgan fingerprint density at radius 1 is 0.382 bits per heavy atom. The van der Waals surface area contributed by atoms with Gasteiger partial charge in [-0.15, -0.1) is 0 Å². The molecule has 0 unspecified atom stereocenters. The fourth-order valence-electron chi connectivity index (χ4n) is 5.73. The number of benzene rings is 7. The van der Waals surface area contributed by atoms with Gasteiger partial charge in [0.2, 0.25) is 0 Å². The second-order valence-electron chi connectivity index (χ2n) is 12.1. The van der Waals surface area contributed by atoms with Gasteiger partial charge in [0, 0.05) is 12.4 Å². The number of hydrogen-bond acceptors (Lipinski definition) is 3. The SMILES string of the molecule is Oc1ccccc1[PH+](c1ccccc1)c1ccccc1.Oc1ccccc1[PH+](c1ccccc1)c1ccccc1.[Re]#[C]Cc1ccccc1.c1ccncc1. The van der Waals surface area contributed by atoms with Crippen molar-refractivity contribution in [3.8, 4) is 15.8 Å². The Morgan fingerprint density at radius 3 is 0.945 bits per heavy atom. The predicted octanol–water partition coefficient (Wildman–Crippen LogP) is 8.58. The van der Waals surface area contributed by atoms with Crippen molar-refractivity contribution in [2.45, 2.75) is 6.42 Å². The van der Waals surface area contributed by atoms with Crippen LogP contribution in [0.15, 0.2) is 231 Å². The molecule has 8 rings (SSSR count). The maximum Gasteiger partial charge on any atom is 0.0267 e. The van der Waals surface area contributed by atoms with Crippen molar-refractivity contribution in [2.24, 2.45) is 0 Å². The standard InChI is InChI=1S/2C18H15OP.C8H7.C5H5N.Re/c2*19-17-13-7-8-14-18(17)20(15-9-3-1-4-10-15)16-11-5-2-6-12-16;1-2-8-6-4-3-5-7-8;1-2-4-6-5-3-1;/h2*1-14,19H;3-7H,2H2;1-5H;/p+2. The van der Waals surface area contributed by atoms with E-state index in [1.54, 1.807) is 43.1 Å². The summed E-state index contributed by atoms with van der Waals surface area (Å²) in [7, 11) is -2.31. The molecule has 0 bridgehead atoms. The maximum absolute atomic E-state index is 10.2. The van der Waals surface area contributed by atoms with Crippen LogP contribution in [0.5, 0.6) is 11.5 Å². The molecular weight excluding hydrogens is 883 g/mol. The van der Waals surface area contributed by atoms with E-state index in [1.165, 1.54) is 26.8 Å². The number of phenols is 2. The fourth-order valence-corrected chi connectivity index (χ4v) is 11.5. The number of phenolic OH excluding ortho intramolecular Hbond substituents is 2. The average molecular weight is 927 g/mol. The van der Waals surface area contributed by atoms with Crippen molar-refractivity contribution in [1.29, 1.82) is 0 Å². The summed E-state index contributed by atoms with van der Waals surface area (Å²) in [5, 5.41) is 27.7. The van der Waals surface area contributed by atoms with Crippen LogP contribution >= 0.6 is 15.8 Å². The first-order chi connectivity index (χ1) is 27.2. The van der Waals surface area contributed by atoms with Gasteiger partial charge in [-0.2, -0.15) is 0 Å². The van der Waals surface area contributed by atoms with E-state index in [0.717, 1.165) is 17.0 Å². The monoisotopic (exact) mass is 927 g/mol. The van der Waals surface area contributed by atoms with E-state index in [0.29, 0.717) is 11.5 Å². The van der Waals surface area contributed by atoms with Gasteiger partial charge < -0.3 is 10.2 Å². The summed E-state index contributed by atoms with van der Waals surface area (Å²) < 4.78 is 3.14. The van der Waals surface area contributed by atoms with Crippen LogP contribution in [0.25, 0.3) is 0 Å². The molecule has 55 heavy (non-hydrogen) atoms. The zero-order valence-electron chi connectivity index (χ0n) is 30.4. The average Bonchev–Trinajstić information content (AvgIpc) is 3.26. The van der Waals surface area contributed by atoms with Gasteiger partial charge in [-0.25, -0.2) is 0 Å². The molecule has 0 spiro atoms. The number of aromatic hydroxyl groups is 2. The summed E-state index contributed by atoms with van der Waals surface area (Å²) in [6.07, 6.45) is 4.48. The van der Waals surface area contributed by atoms with Crippen LogP contribution in [-0.4, -0.2) is 15.2 Å². The number of nitrogens with zero attached hydrogens (tertiary/aromatic N) is 1. The van der Waals surface area contributed by atoms with Crippen LogP contribution < -0.4 is 31.8 Å². The molecule has 7 aromatic carbocycles. The van der Waals surface area contributed by atoms with Gasteiger partial charge in [-0.1, -0.05) is 103 Å². The second-order valence-corrected chi connectivity index (χ2v) is 17.9. The van der Waals surface area contributed by atoms with E-state index in [9.17, 15) is 10.2 Å². The molecule has 0 radical (unpaired) electrons. The number of hydrogen-bond donors (Lipinski definition) is 2. The van der Waals surface area contributed by atoms with Gasteiger partial charge >= 0.3 is 65.2 Å². The summed E-state index contributed by atoms with van der Waals surface area (Å²) >= 11 is 1.60. The van der Waals surface area contributed by atoms with E-state index >= 15 is 0 Å². The van der Waals surface area contributed by atoms with E-state index in [1.807, 2.05) is 84.9 Å². The molecule has 0 saturated carbocycles. The Labute approximate surface area is 338 Å². The Balaban J connectivity index is 0.000000155. The van der Waals surface area contributed by atoms with Crippen LogP contribution in [0.4, 0.5) is 0 Å².